The maximum absolute atomic E-state index is 12.1. The molecule has 0 radical (unpaired) electrons. The van der Waals surface area contributed by atoms with Crippen LogP contribution in [0.2, 0.25) is 0 Å². The highest BCUT2D eigenvalue weighted by molar-refractivity contribution is 5.87. The van der Waals surface area contributed by atoms with Gasteiger partial charge in [-0.1, -0.05) is 19.8 Å². The van der Waals surface area contributed by atoms with Crippen LogP contribution in [0.1, 0.15) is 39.5 Å². The van der Waals surface area contributed by atoms with Gasteiger partial charge in [0, 0.05) is 6.42 Å². The zero-order valence-electron chi connectivity index (χ0n) is 8.32. The fraction of sp³-hybridized carbons (Fsp3) is 0.889. The van der Waals surface area contributed by atoms with Crippen LogP contribution in [0.4, 0.5) is 13.2 Å². The van der Waals surface area contributed by atoms with Crippen molar-refractivity contribution in [1.29, 1.82) is 0 Å². The number of ketones is 1. The number of hydrogen-bond donors (Lipinski definition) is 1. The van der Waals surface area contributed by atoms with E-state index in [-0.39, 0.29) is 6.42 Å². The maximum Gasteiger partial charge on any atom is 0.424 e. The third kappa shape index (κ3) is 3.29. The summed E-state index contributed by atoms with van der Waals surface area (Å²) in [7, 11) is 0. The van der Waals surface area contributed by atoms with Crippen LogP contribution in [-0.4, -0.2) is 22.7 Å². The van der Waals surface area contributed by atoms with Gasteiger partial charge < -0.3 is 5.11 Å². The molecule has 1 N–H and O–H groups in total. The Bertz CT molecular complexity index is 197. The van der Waals surface area contributed by atoms with Gasteiger partial charge in [-0.2, -0.15) is 13.2 Å². The molecule has 0 saturated heterocycles. The van der Waals surface area contributed by atoms with Crippen LogP contribution in [0, 0.1) is 0 Å². The lowest BCUT2D eigenvalue weighted by molar-refractivity contribution is -0.244. The molecule has 0 aliphatic rings. The van der Waals surface area contributed by atoms with Crippen molar-refractivity contribution >= 4 is 5.78 Å². The summed E-state index contributed by atoms with van der Waals surface area (Å²) in [6, 6.07) is 0. The molecule has 0 amide bonds. The predicted octanol–water partition coefficient (Wildman–Crippen LogP) is 2.45. The second-order valence-electron chi connectivity index (χ2n) is 3.45. The molecule has 0 saturated carbocycles. The van der Waals surface area contributed by atoms with Crippen molar-refractivity contribution in [3.05, 3.63) is 0 Å². The molecule has 0 bridgehead atoms. The smallest absolute Gasteiger partial charge is 0.374 e. The van der Waals surface area contributed by atoms with Crippen molar-refractivity contribution < 1.29 is 23.1 Å². The minimum atomic E-state index is -4.88. The first kappa shape index (κ1) is 13.4. The lowest BCUT2D eigenvalue weighted by Gasteiger charge is -2.24. The summed E-state index contributed by atoms with van der Waals surface area (Å²) >= 11 is 0. The van der Waals surface area contributed by atoms with Gasteiger partial charge in [-0.3, -0.25) is 4.79 Å². The lowest BCUT2D eigenvalue weighted by atomic mass is 9.96. The molecule has 0 aliphatic carbocycles. The molecule has 0 rings (SSSR count). The zero-order chi connectivity index (χ0) is 11.4. The first-order valence-corrected chi connectivity index (χ1v) is 4.56. The monoisotopic (exact) mass is 212 g/mol. The fourth-order valence-corrected chi connectivity index (χ4v) is 0.937. The van der Waals surface area contributed by atoms with Crippen molar-refractivity contribution in [3.63, 3.8) is 0 Å². The van der Waals surface area contributed by atoms with Gasteiger partial charge in [-0.25, -0.2) is 0 Å². The molecule has 0 aliphatic heterocycles. The van der Waals surface area contributed by atoms with Crippen LogP contribution < -0.4 is 0 Å². The van der Waals surface area contributed by atoms with Gasteiger partial charge in [-0.05, 0) is 13.3 Å². The molecule has 5 heteroatoms. The maximum atomic E-state index is 12.1. The van der Waals surface area contributed by atoms with E-state index in [4.69, 9.17) is 5.11 Å². The molecule has 14 heavy (non-hydrogen) atoms. The van der Waals surface area contributed by atoms with Gasteiger partial charge in [0.2, 0.25) is 5.60 Å². The van der Waals surface area contributed by atoms with E-state index < -0.39 is 17.6 Å². The van der Waals surface area contributed by atoms with Gasteiger partial charge in [0.1, 0.15) is 0 Å². The number of rotatable bonds is 5. The molecule has 2 nitrogen and oxygen atoms in total. The summed E-state index contributed by atoms with van der Waals surface area (Å²) in [5.74, 6) is -1.15. The van der Waals surface area contributed by atoms with E-state index in [1.165, 1.54) is 0 Å². The third-order valence-electron chi connectivity index (χ3n) is 2.10. The van der Waals surface area contributed by atoms with Gasteiger partial charge in [0.25, 0.3) is 0 Å². The normalized spacial score (nSPS) is 16.4. The van der Waals surface area contributed by atoms with Crippen LogP contribution in [0.15, 0.2) is 0 Å². The number of aliphatic hydroxyl groups is 1. The SMILES string of the molecule is CCCCCC(=O)C(C)(O)C(F)(F)F. The number of halogens is 3. The molecular weight excluding hydrogens is 197 g/mol. The highest BCUT2D eigenvalue weighted by Crippen LogP contribution is 2.31. The average Bonchev–Trinajstić information content (AvgIpc) is 2.02. The molecule has 1 unspecified atom stereocenters. The average molecular weight is 212 g/mol. The van der Waals surface area contributed by atoms with Crippen molar-refractivity contribution in [2.24, 2.45) is 0 Å². The zero-order valence-corrected chi connectivity index (χ0v) is 8.32. The molecular formula is C9H15F3O2. The van der Waals surface area contributed by atoms with E-state index in [1.54, 1.807) is 0 Å². The standard InChI is InChI=1S/C9H15F3O2/c1-3-4-5-6-7(13)8(2,14)9(10,11)12/h14H,3-6H2,1-2H3. The summed E-state index contributed by atoms with van der Waals surface area (Å²) in [5.41, 5.74) is -3.19. The molecule has 0 fully saturated rings. The first-order chi connectivity index (χ1) is 6.23. The van der Waals surface area contributed by atoms with Crippen LogP contribution in [0.5, 0.6) is 0 Å². The van der Waals surface area contributed by atoms with Crippen LogP contribution >= 0.6 is 0 Å². The highest BCUT2D eigenvalue weighted by Gasteiger charge is 2.54. The van der Waals surface area contributed by atoms with Crippen LogP contribution in [0.25, 0.3) is 0 Å². The van der Waals surface area contributed by atoms with Crippen molar-refractivity contribution in [2.75, 3.05) is 0 Å². The van der Waals surface area contributed by atoms with Crippen LogP contribution in [-0.2, 0) is 4.79 Å². The molecule has 0 aromatic carbocycles. The molecule has 1 atom stereocenters. The largest absolute Gasteiger partial charge is 0.424 e. The summed E-state index contributed by atoms with van der Waals surface area (Å²) < 4.78 is 36.4. The quantitative estimate of drug-likeness (QED) is 0.711. The number of hydrogen-bond acceptors (Lipinski definition) is 2. The van der Waals surface area contributed by atoms with E-state index in [0.717, 1.165) is 6.42 Å². The second kappa shape index (κ2) is 4.77. The molecule has 0 aromatic rings. The molecule has 84 valence electrons. The Hall–Kier alpha value is -0.580. The predicted molar refractivity (Wildman–Crippen MR) is 45.8 cm³/mol. The van der Waals surface area contributed by atoms with Gasteiger partial charge in [0.15, 0.2) is 5.78 Å². The molecule has 0 spiro atoms. The van der Waals surface area contributed by atoms with E-state index in [0.29, 0.717) is 19.8 Å². The number of Topliss-reactive ketones (excluding diaryl/α,β-unsaturated/α-hetero) is 1. The highest BCUT2D eigenvalue weighted by atomic mass is 19.4. The van der Waals surface area contributed by atoms with E-state index in [1.807, 2.05) is 6.92 Å². The topological polar surface area (TPSA) is 37.3 Å². The van der Waals surface area contributed by atoms with Crippen molar-refractivity contribution in [2.45, 2.75) is 51.3 Å². The Morgan fingerprint density at radius 1 is 1.29 bits per heavy atom. The third-order valence-corrected chi connectivity index (χ3v) is 2.10. The van der Waals surface area contributed by atoms with Crippen molar-refractivity contribution in [1.82, 2.24) is 0 Å². The first-order valence-electron chi connectivity index (χ1n) is 4.56. The van der Waals surface area contributed by atoms with Crippen LogP contribution in [0.3, 0.4) is 0 Å². The number of carbonyl (C=O) groups excluding carboxylic acids is 1. The number of alkyl halides is 3. The second-order valence-corrected chi connectivity index (χ2v) is 3.45. The molecule has 0 heterocycles. The summed E-state index contributed by atoms with van der Waals surface area (Å²) in [6.45, 7) is 2.38. The summed E-state index contributed by atoms with van der Waals surface area (Å²) in [4.78, 5) is 11.0. The Labute approximate surface area is 81.1 Å². The van der Waals surface area contributed by atoms with Gasteiger partial charge in [0.05, 0.1) is 0 Å². The number of unbranched alkanes of at least 4 members (excludes halogenated alkanes) is 2. The Kier molecular flexibility index (Phi) is 4.58. The fourth-order valence-electron chi connectivity index (χ4n) is 0.937. The Balaban J connectivity index is 4.23. The van der Waals surface area contributed by atoms with Crippen molar-refractivity contribution in [3.8, 4) is 0 Å². The minimum Gasteiger partial charge on any atom is -0.374 e. The van der Waals surface area contributed by atoms with E-state index in [9.17, 15) is 18.0 Å². The van der Waals surface area contributed by atoms with Gasteiger partial charge >= 0.3 is 6.18 Å². The lowest BCUT2D eigenvalue weighted by Crippen LogP contribution is -2.49. The summed E-state index contributed by atoms with van der Waals surface area (Å²) in [5, 5.41) is 8.94. The Morgan fingerprint density at radius 2 is 1.79 bits per heavy atom. The van der Waals surface area contributed by atoms with E-state index in [2.05, 4.69) is 0 Å². The van der Waals surface area contributed by atoms with E-state index >= 15 is 0 Å². The molecule has 0 aromatic heterocycles. The Morgan fingerprint density at radius 3 is 2.14 bits per heavy atom. The number of carbonyl (C=O) groups is 1. The minimum absolute atomic E-state index is 0.222. The summed E-state index contributed by atoms with van der Waals surface area (Å²) in [6.07, 6.45) is -3.20. The van der Waals surface area contributed by atoms with Gasteiger partial charge in [-0.15, -0.1) is 0 Å².